The van der Waals surface area contributed by atoms with Crippen molar-refractivity contribution < 1.29 is 4.39 Å². The molecule has 0 spiro atoms. The SMILES string of the molecule is Cl.Fc1ccccc1-c1ncc2[nH]c3c(c2n1)CN(Cc1ccccc1)CC3. The number of benzene rings is 2. The van der Waals surface area contributed by atoms with Crippen LogP contribution in [0.2, 0.25) is 0 Å². The normalized spacial score (nSPS) is 13.9. The fourth-order valence-electron chi connectivity index (χ4n) is 3.79. The summed E-state index contributed by atoms with van der Waals surface area (Å²) in [5, 5.41) is 0. The highest BCUT2D eigenvalue weighted by atomic mass is 35.5. The largest absolute Gasteiger partial charge is 0.355 e. The minimum Gasteiger partial charge on any atom is -0.355 e. The van der Waals surface area contributed by atoms with Crippen LogP contribution in [0.1, 0.15) is 16.8 Å². The molecule has 2 aromatic heterocycles. The number of fused-ring (bicyclic) bond motifs is 3. The first kappa shape index (κ1) is 18.6. The molecule has 1 aliphatic rings. The highest BCUT2D eigenvalue weighted by Gasteiger charge is 2.22. The molecular formula is C22H20ClFN4. The first-order chi connectivity index (χ1) is 13.3. The summed E-state index contributed by atoms with van der Waals surface area (Å²) in [7, 11) is 0. The highest BCUT2D eigenvalue weighted by molar-refractivity contribution is 5.85. The number of hydrogen-bond donors (Lipinski definition) is 1. The zero-order chi connectivity index (χ0) is 18.2. The third-order valence-electron chi connectivity index (χ3n) is 5.15. The number of nitrogens with one attached hydrogen (secondary N) is 1. The van der Waals surface area contributed by atoms with Gasteiger partial charge in [-0.15, -0.1) is 12.4 Å². The van der Waals surface area contributed by atoms with Crippen molar-refractivity contribution in [2.45, 2.75) is 19.5 Å². The molecule has 0 atom stereocenters. The summed E-state index contributed by atoms with van der Waals surface area (Å²) in [5.41, 5.74) is 5.98. The molecule has 0 saturated carbocycles. The summed E-state index contributed by atoms with van der Waals surface area (Å²) in [6, 6.07) is 17.1. The van der Waals surface area contributed by atoms with E-state index in [1.165, 1.54) is 22.9 Å². The van der Waals surface area contributed by atoms with E-state index in [0.717, 1.165) is 37.1 Å². The van der Waals surface area contributed by atoms with Crippen LogP contribution < -0.4 is 0 Å². The summed E-state index contributed by atoms with van der Waals surface area (Å²) >= 11 is 0. The Kier molecular flexibility index (Phi) is 5.11. The van der Waals surface area contributed by atoms with Gasteiger partial charge in [0.05, 0.1) is 22.8 Å². The number of H-pyrrole nitrogens is 1. The van der Waals surface area contributed by atoms with Gasteiger partial charge in [-0.05, 0) is 17.7 Å². The molecule has 1 aliphatic heterocycles. The first-order valence-corrected chi connectivity index (χ1v) is 9.15. The van der Waals surface area contributed by atoms with Gasteiger partial charge in [0.2, 0.25) is 0 Å². The van der Waals surface area contributed by atoms with Gasteiger partial charge in [0, 0.05) is 37.3 Å². The van der Waals surface area contributed by atoms with Crippen LogP contribution in [0.5, 0.6) is 0 Å². The van der Waals surface area contributed by atoms with Crippen LogP contribution >= 0.6 is 12.4 Å². The standard InChI is InChI=1S/C22H19FN4.ClH/c23-18-9-5-4-8-16(18)22-24-12-20-21(26-22)17-14-27(11-10-19(17)25-20)13-15-6-2-1-3-7-15;/h1-9,12,25H,10-11,13-14H2;1H. The van der Waals surface area contributed by atoms with Gasteiger partial charge < -0.3 is 4.98 Å². The molecular weight excluding hydrogens is 375 g/mol. The second-order valence-corrected chi connectivity index (χ2v) is 6.96. The summed E-state index contributed by atoms with van der Waals surface area (Å²) in [5.74, 6) is 0.134. The van der Waals surface area contributed by atoms with E-state index in [4.69, 9.17) is 4.98 Å². The molecule has 0 amide bonds. The van der Waals surface area contributed by atoms with Crippen molar-refractivity contribution >= 4 is 23.4 Å². The van der Waals surface area contributed by atoms with Gasteiger partial charge in [-0.1, -0.05) is 42.5 Å². The van der Waals surface area contributed by atoms with Gasteiger partial charge in [0.15, 0.2) is 5.82 Å². The molecule has 6 heteroatoms. The number of nitrogens with zero attached hydrogens (tertiary/aromatic N) is 3. The number of aromatic amines is 1. The van der Waals surface area contributed by atoms with Gasteiger partial charge in [-0.3, -0.25) is 4.90 Å². The molecule has 0 radical (unpaired) electrons. The lowest BCUT2D eigenvalue weighted by molar-refractivity contribution is 0.245. The monoisotopic (exact) mass is 394 g/mol. The lowest BCUT2D eigenvalue weighted by atomic mass is 10.1. The molecule has 0 bridgehead atoms. The minimum absolute atomic E-state index is 0. The summed E-state index contributed by atoms with van der Waals surface area (Å²) in [4.78, 5) is 15.0. The zero-order valence-electron chi connectivity index (χ0n) is 15.2. The average Bonchev–Trinajstić information content (AvgIpc) is 3.06. The maximum absolute atomic E-state index is 14.1. The molecule has 0 unspecified atom stereocenters. The molecule has 4 aromatic rings. The van der Waals surface area contributed by atoms with Crippen LogP contribution in [0.4, 0.5) is 4.39 Å². The molecule has 28 heavy (non-hydrogen) atoms. The summed E-state index contributed by atoms with van der Waals surface area (Å²) in [6.45, 7) is 2.75. The maximum atomic E-state index is 14.1. The first-order valence-electron chi connectivity index (χ1n) is 9.15. The molecule has 142 valence electrons. The quantitative estimate of drug-likeness (QED) is 0.545. The molecule has 0 saturated heterocycles. The van der Waals surface area contributed by atoms with E-state index >= 15 is 0 Å². The Morgan fingerprint density at radius 2 is 1.82 bits per heavy atom. The van der Waals surface area contributed by atoms with Gasteiger partial charge in [0.1, 0.15) is 5.82 Å². The molecule has 0 fully saturated rings. The van der Waals surface area contributed by atoms with Gasteiger partial charge in [-0.25, -0.2) is 14.4 Å². The van der Waals surface area contributed by atoms with Crippen LogP contribution in [0.3, 0.4) is 0 Å². The Bertz CT molecular complexity index is 1110. The van der Waals surface area contributed by atoms with Crippen LogP contribution in [0.25, 0.3) is 22.4 Å². The van der Waals surface area contributed by atoms with Crippen molar-refractivity contribution in [3.63, 3.8) is 0 Å². The molecule has 1 N–H and O–H groups in total. The van der Waals surface area contributed by atoms with E-state index in [1.807, 2.05) is 6.07 Å². The predicted molar refractivity (Wildman–Crippen MR) is 111 cm³/mol. The number of halogens is 2. The van der Waals surface area contributed by atoms with Gasteiger partial charge in [0.25, 0.3) is 0 Å². The van der Waals surface area contributed by atoms with E-state index in [-0.39, 0.29) is 18.2 Å². The van der Waals surface area contributed by atoms with E-state index in [1.54, 1.807) is 24.4 Å². The number of aromatic nitrogens is 3. The predicted octanol–water partition coefficient (Wildman–Crippen LogP) is 4.74. The van der Waals surface area contributed by atoms with Crippen LogP contribution in [-0.4, -0.2) is 26.4 Å². The van der Waals surface area contributed by atoms with Crippen LogP contribution in [0, 0.1) is 5.82 Å². The summed E-state index contributed by atoms with van der Waals surface area (Å²) in [6.07, 6.45) is 2.72. The van der Waals surface area contributed by atoms with Crippen LogP contribution in [0.15, 0.2) is 60.8 Å². The van der Waals surface area contributed by atoms with Crippen molar-refractivity contribution in [3.8, 4) is 11.4 Å². The Morgan fingerprint density at radius 3 is 2.64 bits per heavy atom. The van der Waals surface area contributed by atoms with E-state index in [0.29, 0.717) is 11.4 Å². The van der Waals surface area contributed by atoms with Crippen molar-refractivity contribution in [1.29, 1.82) is 0 Å². The molecule has 3 heterocycles. The van der Waals surface area contributed by atoms with Crippen molar-refractivity contribution in [1.82, 2.24) is 19.9 Å². The minimum atomic E-state index is -0.299. The average molecular weight is 395 g/mol. The Balaban J connectivity index is 0.00000192. The second kappa shape index (κ2) is 7.70. The molecule has 2 aromatic carbocycles. The molecule has 5 rings (SSSR count). The molecule has 0 aliphatic carbocycles. The molecule has 4 nitrogen and oxygen atoms in total. The Labute approximate surface area is 168 Å². The van der Waals surface area contributed by atoms with E-state index < -0.39 is 0 Å². The van der Waals surface area contributed by atoms with Gasteiger partial charge in [-0.2, -0.15) is 0 Å². The maximum Gasteiger partial charge on any atom is 0.162 e. The van der Waals surface area contributed by atoms with Gasteiger partial charge >= 0.3 is 0 Å². The second-order valence-electron chi connectivity index (χ2n) is 6.96. The lowest BCUT2D eigenvalue weighted by Crippen LogP contribution is -2.29. The fraction of sp³-hybridized carbons (Fsp3) is 0.182. The Morgan fingerprint density at radius 1 is 1.04 bits per heavy atom. The van der Waals surface area contributed by atoms with E-state index in [9.17, 15) is 4.39 Å². The number of rotatable bonds is 3. The smallest absolute Gasteiger partial charge is 0.162 e. The van der Waals surface area contributed by atoms with E-state index in [2.05, 4.69) is 39.1 Å². The summed E-state index contributed by atoms with van der Waals surface area (Å²) < 4.78 is 14.1. The van der Waals surface area contributed by atoms with Crippen molar-refractivity contribution in [2.24, 2.45) is 0 Å². The van der Waals surface area contributed by atoms with Crippen molar-refractivity contribution in [3.05, 3.63) is 83.4 Å². The lowest BCUT2D eigenvalue weighted by Gasteiger charge is -2.26. The van der Waals surface area contributed by atoms with Crippen molar-refractivity contribution in [2.75, 3.05) is 6.54 Å². The topological polar surface area (TPSA) is 44.8 Å². The highest BCUT2D eigenvalue weighted by Crippen LogP contribution is 2.29. The third-order valence-corrected chi connectivity index (χ3v) is 5.15. The Hall–Kier alpha value is -2.76. The number of hydrogen-bond acceptors (Lipinski definition) is 3. The van der Waals surface area contributed by atoms with Crippen LogP contribution in [-0.2, 0) is 19.5 Å². The zero-order valence-corrected chi connectivity index (χ0v) is 16.0. The third kappa shape index (κ3) is 3.39. The fourth-order valence-corrected chi connectivity index (χ4v) is 3.79.